The summed E-state index contributed by atoms with van der Waals surface area (Å²) in [5.41, 5.74) is -0.0310. The lowest BCUT2D eigenvalue weighted by atomic mass is 9.90. The van der Waals surface area contributed by atoms with E-state index in [4.69, 9.17) is 5.11 Å². The van der Waals surface area contributed by atoms with Gasteiger partial charge in [0.15, 0.2) is 0 Å². The van der Waals surface area contributed by atoms with E-state index >= 15 is 0 Å². The number of aliphatic hydroxyl groups excluding tert-OH is 1. The van der Waals surface area contributed by atoms with Crippen molar-refractivity contribution in [3.8, 4) is 0 Å². The van der Waals surface area contributed by atoms with E-state index in [-0.39, 0.29) is 17.9 Å². The molecule has 0 atom stereocenters. The van der Waals surface area contributed by atoms with Gasteiger partial charge in [0.2, 0.25) is 5.91 Å². The van der Waals surface area contributed by atoms with Crippen molar-refractivity contribution in [2.75, 3.05) is 33.8 Å². The van der Waals surface area contributed by atoms with Gasteiger partial charge in [0.1, 0.15) is 0 Å². The van der Waals surface area contributed by atoms with Crippen LogP contribution in [0.4, 0.5) is 0 Å². The zero-order chi connectivity index (χ0) is 11.2. The highest BCUT2D eigenvalue weighted by molar-refractivity contribution is 5.77. The normalized spacial score (nSPS) is 11.9. The minimum Gasteiger partial charge on any atom is -0.396 e. The van der Waals surface area contributed by atoms with Crippen molar-refractivity contribution in [1.29, 1.82) is 0 Å². The van der Waals surface area contributed by atoms with Gasteiger partial charge in [-0.25, -0.2) is 0 Å². The molecule has 0 aliphatic heterocycles. The van der Waals surface area contributed by atoms with Crippen molar-refractivity contribution in [3.05, 3.63) is 0 Å². The Morgan fingerprint density at radius 3 is 2.43 bits per heavy atom. The van der Waals surface area contributed by atoms with Crippen molar-refractivity contribution in [1.82, 2.24) is 10.2 Å². The summed E-state index contributed by atoms with van der Waals surface area (Å²) < 4.78 is 0. The van der Waals surface area contributed by atoms with Gasteiger partial charge in [0.25, 0.3) is 0 Å². The molecule has 0 rings (SSSR count). The van der Waals surface area contributed by atoms with Crippen LogP contribution in [0.2, 0.25) is 0 Å². The highest BCUT2D eigenvalue weighted by atomic mass is 16.3. The van der Waals surface area contributed by atoms with Crippen LogP contribution in [-0.4, -0.2) is 49.7 Å². The van der Waals surface area contributed by atoms with Crippen LogP contribution >= 0.6 is 0 Å². The summed E-state index contributed by atoms with van der Waals surface area (Å²) in [7, 11) is 3.72. The molecule has 0 aromatic carbocycles. The number of carbonyl (C=O) groups is 1. The summed E-state index contributed by atoms with van der Waals surface area (Å²) in [6.07, 6.45) is 0.704. The molecular weight excluding hydrogens is 180 g/mol. The third kappa shape index (κ3) is 6.86. The van der Waals surface area contributed by atoms with Gasteiger partial charge in [-0.1, -0.05) is 13.8 Å². The van der Waals surface area contributed by atoms with E-state index in [1.165, 1.54) is 0 Å². The molecule has 0 fully saturated rings. The van der Waals surface area contributed by atoms with E-state index < -0.39 is 0 Å². The van der Waals surface area contributed by atoms with Gasteiger partial charge in [-0.05, 0) is 25.9 Å². The molecule has 0 aliphatic carbocycles. The van der Waals surface area contributed by atoms with Crippen LogP contribution in [0.25, 0.3) is 0 Å². The van der Waals surface area contributed by atoms with Crippen LogP contribution in [0, 0.1) is 5.41 Å². The van der Waals surface area contributed by atoms with Gasteiger partial charge in [-0.3, -0.25) is 4.79 Å². The predicted molar refractivity (Wildman–Crippen MR) is 57.0 cm³/mol. The summed E-state index contributed by atoms with van der Waals surface area (Å²) in [4.78, 5) is 13.1. The Labute approximate surface area is 86.3 Å². The van der Waals surface area contributed by atoms with E-state index in [1.54, 1.807) is 0 Å². The summed E-state index contributed by atoms with van der Waals surface area (Å²) in [5, 5.41) is 11.6. The van der Waals surface area contributed by atoms with Gasteiger partial charge >= 0.3 is 0 Å². The summed E-state index contributed by atoms with van der Waals surface area (Å²) in [6, 6.07) is 0. The third-order valence-corrected chi connectivity index (χ3v) is 2.01. The number of amides is 1. The van der Waals surface area contributed by atoms with Crippen LogP contribution in [0.1, 0.15) is 20.3 Å². The van der Waals surface area contributed by atoms with E-state index in [1.807, 2.05) is 32.8 Å². The van der Waals surface area contributed by atoms with Crippen molar-refractivity contribution < 1.29 is 9.90 Å². The maximum absolute atomic E-state index is 11.3. The predicted octanol–water partition coefficient (Wildman–Crippen LogP) is 0.0728. The van der Waals surface area contributed by atoms with Crippen LogP contribution in [0.3, 0.4) is 0 Å². The van der Waals surface area contributed by atoms with Crippen molar-refractivity contribution >= 4 is 5.91 Å². The number of hydrogen-bond acceptors (Lipinski definition) is 3. The number of carbonyl (C=O) groups excluding carboxylic acids is 1. The van der Waals surface area contributed by atoms with Gasteiger partial charge < -0.3 is 15.3 Å². The standard InChI is InChI=1S/C10H22N2O2/c1-10(2,5-6-13)8-11-9(14)7-12(3)4/h13H,5-8H2,1-4H3,(H,11,14). The van der Waals surface area contributed by atoms with Crippen LogP contribution in [0.15, 0.2) is 0 Å². The average Bonchev–Trinajstić information content (AvgIpc) is 2.00. The van der Waals surface area contributed by atoms with E-state index in [0.29, 0.717) is 19.5 Å². The lowest BCUT2D eigenvalue weighted by molar-refractivity contribution is -0.122. The maximum atomic E-state index is 11.3. The zero-order valence-electron chi connectivity index (χ0n) is 9.63. The van der Waals surface area contributed by atoms with Crippen LogP contribution < -0.4 is 5.32 Å². The highest BCUT2D eigenvalue weighted by Crippen LogP contribution is 2.17. The second-order valence-electron chi connectivity index (χ2n) is 4.65. The molecule has 4 nitrogen and oxygen atoms in total. The first-order valence-corrected chi connectivity index (χ1v) is 4.90. The van der Waals surface area contributed by atoms with Crippen LogP contribution in [-0.2, 0) is 4.79 Å². The molecule has 0 aromatic heterocycles. The Kier molecular flexibility index (Phi) is 5.72. The summed E-state index contributed by atoms with van der Waals surface area (Å²) in [5.74, 6) is 0.0287. The number of nitrogens with one attached hydrogen (secondary N) is 1. The van der Waals surface area contributed by atoms with Gasteiger partial charge in [-0.15, -0.1) is 0 Å². The first-order chi connectivity index (χ1) is 6.37. The fourth-order valence-corrected chi connectivity index (χ4v) is 1.07. The summed E-state index contributed by atoms with van der Waals surface area (Å²) in [6.45, 7) is 5.24. The van der Waals surface area contributed by atoms with Gasteiger partial charge in [-0.2, -0.15) is 0 Å². The molecule has 84 valence electrons. The van der Waals surface area contributed by atoms with Crippen LogP contribution in [0.5, 0.6) is 0 Å². The SMILES string of the molecule is CN(C)CC(=O)NCC(C)(C)CCO. The first-order valence-electron chi connectivity index (χ1n) is 4.90. The van der Waals surface area contributed by atoms with Crippen molar-refractivity contribution in [2.45, 2.75) is 20.3 Å². The molecular formula is C10H22N2O2. The van der Waals surface area contributed by atoms with E-state index in [2.05, 4.69) is 5.32 Å². The largest absolute Gasteiger partial charge is 0.396 e. The second kappa shape index (κ2) is 5.98. The maximum Gasteiger partial charge on any atom is 0.234 e. The molecule has 0 bridgehead atoms. The molecule has 0 aromatic rings. The molecule has 2 N–H and O–H groups in total. The van der Waals surface area contributed by atoms with Crippen molar-refractivity contribution in [2.24, 2.45) is 5.41 Å². The smallest absolute Gasteiger partial charge is 0.234 e. The van der Waals surface area contributed by atoms with Gasteiger partial charge in [0.05, 0.1) is 6.54 Å². The Morgan fingerprint density at radius 1 is 1.43 bits per heavy atom. The molecule has 0 spiro atoms. The van der Waals surface area contributed by atoms with Gasteiger partial charge in [0, 0.05) is 13.2 Å². The number of nitrogens with zero attached hydrogens (tertiary/aromatic N) is 1. The van der Waals surface area contributed by atoms with E-state index in [9.17, 15) is 4.79 Å². The molecule has 0 aliphatic rings. The Morgan fingerprint density at radius 2 is 2.00 bits per heavy atom. The monoisotopic (exact) mass is 202 g/mol. The zero-order valence-corrected chi connectivity index (χ0v) is 9.63. The number of rotatable bonds is 6. The first kappa shape index (κ1) is 13.4. The molecule has 0 radical (unpaired) electrons. The average molecular weight is 202 g/mol. The minimum absolute atomic E-state index is 0.0287. The number of likely N-dealkylation sites (N-methyl/N-ethyl adjacent to an activating group) is 1. The Balaban J connectivity index is 3.75. The van der Waals surface area contributed by atoms with Crippen molar-refractivity contribution in [3.63, 3.8) is 0 Å². The number of aliphatic hydroxyl groups is 1. The highest BCUT2D eigenvalue weighted by Gasteiger charge is 2.17. The Hall–Kier alpha value is -0.610. The fourth-order valence-electron chi connectivity index (χ4n) is 1.07. The molecule has 14 heavy (non-hydrogen) atoms. The molecule has 0 saturated carbocycles. The van der Waals surface area contributed by atoms with E-state index in [0.717, 1.165) is 0 Å². The Bertz CT molecular complexity index is 179. The molecule has 1 amide bonds. The quantitative estimate of drug-likeness (QED) is 0.641. The molecule has 0 heterocycles. The summed E-state index contributed by atoms with van der Waals surface area (Å²) >= 11 is 0. The molecule has 0 unspecified atom stereocenters. The fraction of sp³-hybridized carbons (Fsp3) is 0.900. The minimum atomic E-state index is -0.0310. The molecule has 0 saturated heterocycles. The third-order valence-electron chi connectivity index (χ3n) is 2.01. The number of hydrogen-bond donors (Lipinski definition) is 2. The lowest BCUT2D eigenvalue weighted by Gasteiger charge is -2.24. The lowest BCUT2D eigenvalue weighted by Crippen LogP contribution is -2.39. The molecule has 4 heteroatoms. The topological polar surface area (TPSA) is 52.6 Å². The second-order valence-corrected chi connectivity index (χ2v) is 4.65.